The molecule has 6 nitrogen and oxygen atoms in total. The van der Waals surface area contributed by atoms with Gasteiger partial charge in [-0.3, -0.25) is 4.79 Å². The van der Waals surface area contributed by atoms with Gasteiger partial charge in [-0.2, -0.15) is 0 Å². The summed E-state index contributed by atoms with van der Waals surface area (Å²) in [5.74, 6) is 0.111. The van der Waals surface area contributed by atoms with Gasteiger partial charge in [0, 0.05) is 23.6 Å². The fourth-order valence-electron chi connectivity index (χ4n) is 3.50. The fraction of sp³-hybridized carbons (Fsp3) is 0.160. The number of aromatic carboxylic acids is 1. The molecule has 2 aromatic carbocycles. The van der Waals surface area contributed by atoms with E-state index in [1.807, 2.05) is 29.8 Å². The number of nitrogens with zero attached hydrogens (tertiary/aromatic N) is 2. The third-order valence-electron chi connectivity index (χ3n) is 5.03. The van der Waals surface area contributed by atoms with Crippen molar-refractivity contribution in [3.05, 3.63) is 94.3 Å². The van der Waals surface area contributed by atoms with Crippen LogP contribution in [-0.4, -0.2) is 33.5 Å². The molecule has 0 atom stereocenters. The van der Waals surface area contributed by atoms with Gasteiger partial charge in [-0.1, -0.05) is 18.2 Å². The van der Waals surface area contributed by atoms with E-state index in [1.54, 1.807) is 41.7 Å². The molecule has 0 saturated carbocycles. The van der Waals surface area contributed by atoms with Crippen LogP contribution < -0.4 is 4.74 Å². The topological polar surface area (TPSA) is 81.4 Å². The van der Waals surface area contributed by atoms with Gasteiger partial charge < -0.3 is 14.4 Å². The number of hydrogen-bond acceptors (Lipinski definition) is 5. The van der Waals surface area contributed by atoms with Gasteiger partial charge >= 0.3 is 5.97 Å². The van der Waals surface area contributed by atoms with Gasteiger partial charge in [-0.15, -0.1) is 11.3 Å². The average molecular weight is 447 g/mol. The number of benzene rings is 2. The van der Waals surface area contributed by atoms with Gasteiger partial charge in [0.1, 0.15) is 10.8 Å². The van der Waals surface area contributed by atoms with E-state index in [1.165, 1.54) is 5.56 Å². The monoisotopic (exact) mass is 446 g/mol. The second-order valence-corrected chi connectivity index (χ2v) is 8.28. The number of rotatable bonds is 5. The molecule has 0 unspecified atom stereocenters. The summed E-state index contributed by atoms with van der Waals surface area (Å²) in [6.07, 6.45) is 3.84. The zero-order chi connectivity index (χ0) is 22.5. The highest BCUT2D eigenvalue weighted by Crippen LogP contribution is 2.32. The molecule has 1 N–H and O–H groups in total. The van der Waals surface area contributed by atoms with Crippen LogP contribution in [0, 0.1) is 6.92 Å². The Morgan fingerprint density at radius 3 is 2.75 bits per heavy atom. The fourth-order valence-corrected chi connectivity index (χ4v) is 4.31. The molecule has 4 aromatic rings. The molecule has 7 heteroatoms. The Balaban J connectivity index is 0.000000230. The third-order valence-corrected chi connectivity index (χ3v) is 5.97. The van der Waals surface area contributed by atoms with Crippen molar-refractivity contribution in [2.24, 2.45) is 0 Å². The van der Waals surface area contributed by atoms with Crippen LogP contribution in [0.2, 0.25) is 0 Å². The Labute approximate surface area is 189 Å². The minimum atomic E-state index is -0.879. The smallest absolute Gasteiger partial charge is 0.335 e. The van der Waals surface area contributed by atoms with Crippen molar-refractivity contribution in [2.75, 3.05) is 6.61 Å². The average Bonchev–Trinajstić information content (AvgIpc) is 3.54. The number of ether oxygens (including phenoxy) is 1. The van der Waals surface area contributed by atoms with Crippen LogP contribution in [0.15, 0.2) is 66.2 Å². The van der Waals surface area contributed by atoms with E-state index >= 15 is 0 Å². The first-order valence-electron chi connectivity index (χ1n) is 10.1. The molecule has 1 aliphatic rings. The molecule has 5 rings (SSSR count). The molecule has 1 aliphatic heterocycles. The number of carbonyl (C=O) groups excluding carboxylic acids is 1. The van der Waals surface area contributed by atoms with Gasteiger partial charge in [-0.05, 0) is 54.4 Å². The van der Waals surface area contributed by atoms with Crippen LogP contribution in [0.3, 0.4) is 0 Å². The van der Waals surface area contributed by atoms with Crippen LogP contribution in [0.4, 0.5) is 0 Å². The maximum atomic E-state index is 11.1. The first-order valence-corrected chi connectivity index (χ1v) is 11.0. The molecule has 0 fully saturated rings. The van der Waals surface area contributed by atoms with E-state index in [4.69, 9.17) is 14.8 Å². The third kappa shape index (κ3) is 4.95. The summed E-state index contributed by atoms with van der Waals surface area (Å²) < 4.78 is 7.49. The van der Waals surface area contributed by atoms with Crippen LogP contribution in [0.25, 0.3) is 10.6 Å². The Morgan fingerprint density at radius 2 is 2.03 bits per heavy atom. The zero-order valence-electron chi connectivity index (χ0n) is 17.5. The van der Waals surface area contributed by atoms with Crippen molar-refractivity contribution < 1.29 is 19.4 Å². The summed E-state index contributed by atoms with van der Waals surface area (Å²) in [5.41, 5.74) is 5.46. The molecular formula is C25H22N2O4S. The number of carboxylic acid groups (broad SMARTS) is 1. The van der Waals surface area contributed by atoms with Crippen molar-refractivity contribution in [1.82, 2.24) is 9.55 Å². The molecule has 3 heterocycles. The SMILES string of the molecule is Cc1cc(C=O)n(Cc2csc(-c3ccc4c(c3)CCO4)n2)c1.O=C(O)c1ccccc1. The molecule has 32 heavy (non-hydrogen) atoms. The molecule has 162 valence electrons. The summed E-state index contributed by atoms with van der Waals surface area (Å²) >= 11 is 1.63. The van der Waals surface area contributed by atoms with Gasteiger partial charge in [0.2, 0.25) is 0 Å². The van der Waals surface area contributed by atoms with E-state index in [0.717, 1.165) is 46.9 Å². The number of aldehydes is 1. The van der Waals surface area contributed by atoms with Crippen LogP contribution in [0.1, 0.15) is 37.7 Å². The van der Waals surface area contributed by atoms with Gasteiger partial charge in [0.15, 0.2) is 6.29 Å². The number of thiazole rings is 1. The lowest BCUT2D eigenvalue weighted by Gasteiger charge is -2.03. The number of fused-ring (bicyclic) bond motifs is 1. The lowest BCUT2D eigenvalue weighted by atomic mass is 10.1. The van der Waals surface area contributed by atoms with Crippen molar-refractivity contribution in [3.8, 4) is 16.3 Å². The van der Waals surface area contributed by atoms with E-state index < -0.39 is 5.97 Å². The molecule has 0 saturated heterocycles. The van der Waals surface area contributed by atoms with Crippen molar-refractivity contribution in [1.29, 1.82) is 0 Å². The van der Waals surface area contributed by atoms with Crippen molar-refractivity contribution in [2.45, 2.75) is 19.9 Å². The molecule has 2 aromatic heterocycles. The largest absolute Gasteiger partial charge is 0.493 e. The highest BCUT2D eigenvalue weighted by atomic mass is 32.1. The first-order chi connectivity index (χ1) is 15.5. The molecule has 0 aliphatic carbocycles. The minimum absolute atomic E-state index is 0.331. The van der Waals surface area contributed by atoms with E-state index in [-0.39, 0.29) is 0 Å². The summed E-state index contributed by atoms with van der Waals surface area (Å²) in [6.45, 7) is 3.37. The summed E-state index contributed by atoms with van der Waals surface area (Å²) in [4.78, 5) is 26.0. The predicted molar refractivity (Wildman–Crippen MR) is 124 cm³/mol. The first kappa shape index (κ1) is 21.5. The van der Waals surface area contributed by atoms with Crippen LogP contribution in [-0.2, 0) is 13.0 Å². The number of carbonyl (C=O) groups is 2. The highest BCUT2D eigenvalue weighted by molar-refractivity contribution is 7.13. The van der Waals surface area contributed by atoms with E-state index in [2.05, 4.69) is 17.5 Å². The van der Waals surface area contributed by atoms with Gasteiger partial charge in [0.05, 0.1) is 30.1 Å². The Morgan fingerprint density at radius 1 is 1.22 bits per heavy atom. The lowest BCUT2D eigenvalue weighted by Crippen LogP contribution is -2.02. The van der Waals surface area contributed by atoms with Crippen molar-refractivity contribution >= 4 is 23.6 Å². The van der Waals surface area contributed by atoms with Crippen LogP contribution >= 0.6 is 11.3 Å². The number of aromatic nitrogens is 2. The minimum Gasteiger partial charge on any atom is -0.493 e. The van der Waals surface area contributed by atoms with Gasteiger partial charge in [-0.25, -0.2) is 9.78 Å². The van der Waals surface area contributed by atoms with E-state index in [9.17, 15) is 9.59 Å². The quantitative estimate of drug-likeness (QED) is 0.431. The normalized spacial score (nSPS) is 11.8. The molecular weight excluding hydrogens is 424 g/mol. The summed E-state index contributed by atoms with van der Waals surface area (Å²) in [7, 11) is 0. The number of aryl methyl sites for hydroxylation is 1. The Kier molecular flexibility index (Phi) is 6.47. The maximum absolute atomic E-state index is 11.1. The molecule has 0 spiro atoms. The number of carboxylic acids is 1. The highest BCUT2D eigenvalue weighted by Gasteiger charge is 2.14. The van der Waals surface area contributed by atoms with Crippen LogP contribution in [0.5, 0.6) is 5.75 Å². The lowest BCUT2D eigenvalue weighted by molar-refractivity contribution is 0.0696. The number of hydrogen-bond donors (Lipinski definition) is 1. The second-order valence-electron chi connectivity index (χ2n) is 7.42. The predicted octanol–water partition coefficient (Wildman–Crippen LogP) is 5.10. The molecule has 0 radical (unpaired) electrons. The maximum Gasteiger partial charge on any atom is 0.335 e. The van der Waals surface area contributed by atoms with Gasteiger partial charge in [0.25, 0.3) is 0 Å². The molecule has 0 bridgehead atoms. The molecule has 0 amide bonds. The van der Waals surface area contributed by atoms with Crippen molar-refractivity contribution in [3.63, 3.8) is 0 Å². The second kappa shape index (κ2) is 9.62. The summed E-state index contributed by atoms with van der Waals surface area (Å²) in [6, 6.07) is 16.4. The Hall–Kier alpha value is -3.71. The Bertz CT molecular complexity index is 1240. The standard InChI is InChI=1S/C18H16N2O2S.C7H6O2/c1-12-6-16(10-21)20(8-12)9-15-11-23-18(19-15)14-2-3-17-13(7-14)4-5-22-17;8-7(9)6-4-2-1-3-5-6/h2-3,6-8,10-11H,4-5,9H2,1H3;1-5H,(H,8,9). The van der Waals surface area contributed by atoms with E-state index in [0.29, 0.717) is 17.8 Å². The zero-order valence-corrected chi connectivity index (χ0v) is 18.3. The summed E-state index contributed by atoms with van der Waals surface area (Å²) in [5, 5.41) is 11.4.